The van der Waals surface area contributed by atoms with Gasteiger partial charge in [-0.3, -0.25) is 0 Å². The lowest BCUT2D eigenvalue weighted by atomic mass is 10.1. The summed E-state index contributed by atoms with van der Waals surface area (Å²) in [5.74, 6) is 0.423. The molecule has 0 aliphatic carbocycles. The molecule has 1 N–H and O–H groups in total. The molecule has 0 saturated heterocycles. The van der Waals surface area contributed by atoms with Crippen LogP contribution in [0.2, 0.25) is 0 Å². The molecule has 0 unspecified atom stereocenters. The molecule has 3 rings (SSSR count). The molecule has 0 bridgehead atoms. The first-order chi connectivity index (χ1) is 8.65. The number of nitrogens with zero attached hydrogens (tertiary/aromatic N) is 1. The lowest BCUT2D eigenvalue weighted by Gasteiger charge is -2.03. The maximum Gasteiger partial charge on any atom is 0.151 e. The molecule has 18 heavy (non-hydrogen) atoms. The van der Waals surface area contributed by atoms with E-state index in [2.05, 4.69) is 23.0 Å². The zero-order chi connectivity index (χ0) is 12.7. The number of halogens is 1. The van der Waals surface area contributed by atoms with Crippen molar-refractivity contribution in [2.45, 2.75) is 13.8 Å². The van der Waals surface area contributed by atoms with Crippen LogP contribution in [0.15, 0.2) is 36.4 Å². The SMILES string of the molecule is Cc1ccc(-c2nc3c(F)cccc3[nH]2)c(C)c1. The first kappa shape index (κ1) is 11.0. The van der Waals surface area contributed by atoms with E-state index in [9.17, 15) is 4.39 Å². The van der Waals surface area contributed by atoms with Crippen LogP contribution in [-0.4, -0.2) is 9.97 Å². The van der Waals surface area contributed by atoms with Gasteiger partial charge in [0.1, 0.15) is 11.3 Å². The fraction of sp³-hybridized carbons (Fsp3) is 0.133. The molecule has 0 aliphatic heterocycles. The van der Waals surface area contributed by atoms with Crippen LogP contribution >= 0.6 is 0 Å². The van der Waals surface area contributed by atoms with Gasteiger partial charge in [0, 0.05) is 5.56 Å². The normalized spacial score (nSPS) is 11.1. The zero-order valence-corrected chi connectivity index (χ0v) is 10.3. The van der Waals surface area contributed by atoms with E-state index in [-0.39, 0.29) is 5.82 Å². The molecule has 0 saturated carbocycles. The number of para-hydroxylation sites is 1. The number of benzene rings is 2. The van der Waals surface area contributed by atoms with Crippen LogP contribution < -0.4 is 0 Å². The Bertz CT molecular complexity index is 728. The molecule has 1 aromatic heterocycles. The number of aryl methyl sites for hydroxylation is 2. The highest BCUT2D eigenvalue weighted by Gasteiger charge is 2.10. The fourth-order valence-corrected chi connectivity index (χ4v) is 2.20. The van der Waals surface area contributed by atoms with Gasteiger partial charge in [0.25, 0.3) is 0 Å². The summed E-state index contributed by atoms with van der Waals surface area (Å²) in [6, 6.07) is 11.1. The number of rotatable bonds is 1. The summed E-state index contributed by atoms with van der Waals surface area (Å²) in [6.07, 6.45) is 0. The predicted molar refractivity (Wildman–Crippen MR) is 71.0 cm³/mol. The van der Waals surface area contributed by atoms with E-state index in [0.29, 0.717) is 11.3 Å². The zero-order valence-electron chi connectivity index (χ0n) is 10.3. The molecule has 0 aliphatic rings. The molecule has 3 aromatic rings. The molecule has 1 heterocycles. The van der Waals surface area contributed by atoms with Crippen molar-refractivity contribution in [3.63, 3.8) is 0 Å². The number of aromatic nitrogens is 2. The third-order valence-electron chi connectivity index (χ3n) is 3.10. The van der Waals surface area contributed by atoms with Crippen molar-refractivity contribution in [1.82, 2.24) is 9.97 Å². The molecular formula is C15H13FN2. The molecule has 0 atom stereocenters. The van der Waals surface area contributed by atoms with Crippen molar-refractivity contribution in [2.75, 3.05) is 0 Å². The van der Waals surface area contributed by atoms with Crippen molar-refractivity contribution in [1.29, 1.82) is 0 Å². The summed E-state index contributed by atoms with van der Waals surface area (Å²) in [5.41, 5.74) is 4.47. The van der Waals surface area contributed by atoms with E-state index in [1.165, 1.54) is 11.6 Å². The van der Waals surface area contributed by atoms with Crippen molar-refractivity contribution in [3.05, 3.63) is 53.3 Å². The van der Waals surface area contributed by atoms with Gasteiger partial charge in [0.15, 0.2) is 5.82 Å². The molecule has 90 valence electrons. The van der Waals surface area contributed by atoms with E-state index < -0.39 is 0 Å². The minimum absolute atomic E-state index is 0.292. The second-order valence-electron chi connectivity index (χ2n) is 4.54. The van der Waals surface area contributed by atoms with Gasteiger partial charge in [-0.2, -0.15) is 0 Å². The Morgan fingerprint density at radius 2 is 1.94 bits per heavy atom. The Morgan fingerprint density at radius 1 is 1.11 bits per heavy atom. The van der Waals surface area contributed by atoms with Crippen LogP contribution in [0, 0.1) is 19.7 Å². The lowest BCUT2D eigenvalue weighted by molar-refractivity contribution is 0.637. The molecule has 0 radical (unpaired) electrons. The Kier molecular flexibility index (Phi) is 2.40. The average Bonchev–Trinajstić information content (AvgIpc) is 2.74. The second-order valence-corrected chi connectivity index (χ2v) is 4.54. The number of imidazole rings is 1. The minimum atomic E-state index is -0.292. The standard InChI is InChI=1S/C15H13FN2/c1-9-6-7-11(10(2)8-9)15-17-13-5-3-4-12(16)14(13)18-15/h3-8H,1-2H3,(H,17,18). The topological polar surface area (TPSA) is 28.7 Å². The van der Waals surface area contributed by atoms with Crippen LogP contribution in [0.1, 0.15) is 11.1 Å². The third kappa shape index (κ3) is 1.68. The second kappa shape index (κ2) is 3.95. The van der Waals surface area contributed by atoms with Crippen LogP contribution in [0.5, 0.6) is 0 Å². The van der Waals surface area contributed by atoms with E-state index in [1.807, 2.05) is 25.1 Å². The Labute approximate surface area is 104 Å². The molecule has 2 nitrogen and oxygen atoms in total. The van der Waals surface area contributed by atoms with Crippen LogP contribution in [0.3, 0.4) is 0 Å². The molecule has 0 amide bonds. The summed E-state index contributed by atoms with van der Waals surface area (Å²) in [5, 5.41) is 0. The number of hydrogen-bond acceptors (Lipinski definition) is 1. The van der Waals surface area contributed by atoms with Crippen LogP contribution in [-0.2, 0) is 0 Å². The highest BCUT2D eigenvalue weighted by Crippen LogP contribution is 2.25. The first-order valence-corrected chi connectivity index (χ1v) is 5.87. The van der Waals surface area contributed by atoms with E-state index in [0.717, 1.165) is 16.6 Å². The first-order valence-electron chi connectivity index (χ1n) is 5.87. The number of H-pyrrole nitrogens is 1. The van der Waals surface area contributed by atoms with E-state index in [4.69, 9.17) is 0 Å². The Hall–Kier alpha value is -2.16. The van der Waals surface area contributed by atoms with Crippen LogP contribution in [0.4, 0.5) is 4.39 Å². The van der Waals surface area contributed by atoms with Gasteiger partial charge in [0.05, 0.1) is 5.52 Å². The predicted octanol–water partition coefficient (Wildman–Crippen LogP) is 3.99. The summed E-state index contributed by atoms with van der Waals surface area (Å²) < 4.78 is 13.6. The van der Waals surface area contributed by atoms with Gasteiger partial charge < -0.3 is 4.98 Å². The van der Waals surface area contributed by atoms with Crippen LogP contribution in [0.25, 0.3) is 22.4 Å². The van der Waals surface area contributed by atoms with Gasteiger partial charge >= 0.3 is 0 Å². The van der Waals surface area contributed by atoms with Crippen molar-refractivity contribution in [3.8, 4) is 11.4 Å². The Morgan fingerprint density at radius 3 is 2.67 bits per heavy atom. The number of aromatic amines is 1. The van der Waals surface area contributed by atoms with Gasteiger partial charge in [-0.25, -0.2) is 9.37 Å². The van der Waals surface area contributed by atoms with Gasteiger partial charge in [0.2, 0.25) is 0 Å². The van der Waals surface area contributed by atoms with Gasteiger partial charge in [-0.15, -0.1) is 0 Å². The van der Waals surface area contributed by atoms with Gasteiger partial charge in [-0.1, -0.05) is 29.8 Å². The summed E-state index contributed by atoms with van der Waals surface area (Å²) in [6.45, 7) is 4.08. The van der Waals surface area contributed by atoms with Crippen molar-refractivity contribution >= 4 is 11.0 Å². The van der Waals surface area contributed by atoms with Gasteiger partial charge in [-0.05, 0) is 31.5 Å². The summed E-state index contributed by atoms with van der Waals surface area (Å²) >= 11 is 0. The molecule has 3 heteroatoms. The van der Waals surface area contributed by atoms with E-state index in [1.54, 1.807) is 6.07 Å². The molecule has 0 fully saturated rings. The molecule has 0 spiro atoms. The monoisotopic (exact) mass is 240 g/mol. The maximum absolute atomic E-state index is 13.6. The van der Waals surface area contributed by atoms with E-state index >= 15 is 0 Å². The van der Waals surface area contributed by atoms with Crippen molar-refractivity contribution < 1.29 is 4.39 Å². The highest BCUT2D eigenvalue weighted by atomic mass is 19.1. The summed E-state index contributed by atoms with van der Waals surface area (Å²) in [4.78, 5) is 7.50. The largest absolute Gasteiger partial charge is 0.338 e. The third-order valence-corrected chi connectivity index (χ3v) is 3.10. The fourth-order valence-electron chi connectivity index (χ4n) is 2.20. The Balaban J connectivity index is 2.23. The quantitative estimate of drug-likeness (QED) is 0.684. The highest BCUT2D eigenvalue weighted by molar-refractivity contribution is 5.80. The lowest BCUT2D eigenvalue weighted by Crippen LogP contribution is -1.86. The smallest absolute Gasteiger partial charge is 0.151 e. The molecule has 2 aromatic carbocycles. The molecular weight excluding hydrogens is 227 g/mol. The summed E-state index contributed by atoms with van der Waals surface area (Å²) in [7, 11) is 0. The number of fused-ring (bicyclic) bond motifs is 1. The van der Waals surface area contributed by atoms with Crippen molar-refractivity contribution in [2.24, 2.45) is 0 Å². The minimum Gasteiger partial charge on any atom is -0.338 e. The number of nitrogens with one attached hydrogen (secondary N) is 1. The number of hydrogen-bond donors (Lipinski definition) is 1. The maximum atomic E-state index is 13.6. The average molecular weight is 240 g/mol.